The smallest absolute Gasteiger partial charge is 0.265 e. The van der Waals surface area contributed by atoms with E-state index in [0.29, 0.717) is 23.4 Å². The highest BCUT2D eigenvalue weighted by molar-refractivity contribution is 7.92. The lowest BCUT2D eigenvalue weighted by molar-refractivity contribution is 0.393. The second-order valence-electron chi connectivity index (χ2n) is 5.22. The Morgan fingerprint density at radius 1 is 1.22 bits per heavy atom. The van der Waals surface area contributed by atoms with E-state index < -0.39 is 21.7 Å². The van der Waals surface area contributed by atoms with E-state index in [0.717, 1.165) is 16.4 Å². The minimum Gasteiger partial charge on any atom is -0.481 e. The number of sulfonamides is 1. The molecule has 2 aromatic rings. The number of aromatic nitrogens is 1. The molecule has 0 saturated carbocycles. The first-order valence-corrected chi connectivity index (χ1v) is 8.30. The summed E-state index contributed by atoms with van der Waals surface area (Å²) in [5, 5.41) is 0. The highest BCUT2D eigenvalue weighted by Gasteiger charge is 2.32. The van der Waals surface area contributed by atoms with Gasteiger partial charge in [0.2, 0.25) is 5.88 Å². The summed E-state index contributed by atoms with van der Waals surface area (Å²) in [4.78, 5) is 3.94. The normalized spacial score (nSPS) is 14.0. The van der Waals surface area contributed by atoms with Crippen molar-refractivity contribution in [2.24, 2.45) is 0 Å². The lowest BCUT2D eigenvalue weighted by Crippen LogP contribution is -2.29. The van der Waals surface area contributed by atoms with Crippen LogP contribution < -0.4 is 9.04 Å². The van der Waals surface area contributed by atoms with Gasteiger partial charge in [-0.05, 0) is 31.0 Å². The zero-order valence-electron chi connectivity index (χ0n) is 12.5. The van der Waals surface area contributed by atoms with Crippen LogP contribution in [0.1, 0.15) is 11.1 Å². The molecule has 5 nitrogen and oxygen atoms in total. The molecule has 0 atom stereocenters. The number of rotatable bonds is 3. The molecule has 0 amide bonds. The molecule has 0 fully saturated rings. The molecule has 0 spiro atoms. The molecule has 122 valence electrons. The number of nitrogens with zero attached hydrogens (tertiary/aromatic N) is 2. The predicted octanol–water partition coefficient (Wildman–Crippen LogP) is 2.43. The fourth-order valence-corrected chi connectivity index (χ4v) is 4.15. The van der Waals surface area contributed by atoms with Crippen molar-refractivity contribution < 1.29 is 21.9 Å². The minimum absolute atomic E-state index is 0.0200. The van der Waals surface area contributed by atoms with Crippen LogP contribution in [0.2, 0.25) is 0 Å². The Kier molecular flexibility index (Phi) is 3.71. The number of hydrogen-bond donors (Lipinski definition) is 0. The van der Waals surface area contributed by atoms with Crippen molar-refractivity contribution in [2.75, 3.05) is 18.0 Å². The molecule has 1 aliphatic rings. The highest BCUT2D eigenvalue weighted by atomic mass is 32.2. The predicted molar refractivity (Wildman–Crippen MR) is 80.1 cm³/mol. The lowest BCUT2D eigenvalue weighted by Gasteiger charge is -2.20. The van der Waals surface area contributed by atoms with Crippen LogP contribution in [0.4, 0.5) is 14.5 Å². The van der Waals surface area contributed by atoms with E-state index in [4.69, 9.17) is 4.74 Å². The molecule has 0 aliphatic carbocycles. The van der Waals surface area contributed by atoms with Gasteiger partial charge < -0.3 is 4.74 Å². The van der Waals surface area contributed by atoms with Crippen LogP contribution in [0, 0.1) is 18.6 Å². The number of fused-ring (bicyclic) bond motifs is 1. The number of hydrogen-bond acceptors (Lipinski definition) is 4. The van der Waals surface area contributed by atoms with Gasteiger partial charge >= 0.3 is 0 Å². The topological polar surface area (TPSA) is 59.5 Å². The Morgan fingerprint density at radius 3 is 2.57 bits per heavy atom. The van der Waals surface area contributed by atoms with Crippen molar-refractivity contribution in [1.82, 2.24) is 4.98 Å². The number of methoxy groups -OCH3 is 1. The zero-order valence-corrected chi connectivity index (χ0v) is 13.3. The van der Waals surface area contributed by atoms with E-state index in [2.05, 4.69) is 4.98 Å². The van der Waals surface area contributed by atoms with Crippen molar-refractivity contribution in [3.05, 3.63) is 47.2 Å². The molecule has 2 heterocycles. The van der Waals surface area contributed by atoms with Crippen LogP contribution in [0.5, 0.6) is 5.88 Å². The summed E-state index contributed by atoms with van der Waals surface area (Å²) in [5.74, 6) is -1.72. The molecule has 0 saturated heterocycles. The van der Waals surface area contributed by atoms with Crippen LogP contribution in [0.25, 0.3) is 0 Å². The van der Waals surface area contributed by atoms with E-state index >= 15 is 0 Å². The molecule has 1 aliphatic heterocycles. The number of halogens is 2. The Labute approximate surface area is 132 Å². The Balaban J connectivity index is 2.06. The molecular formula is C15H14F2N2O3S. The van der Waals surface area contributed by atoms with E-state index in [1.807, 2.05) is 0 Å². The summed E-state index contributed by atoms with van der Waals surface area (Å²) in [6.07, 6.45) is 1.52. The van der Waals surface area contributed by atoms with Gasteiger partial charge in [0.1, 0.15) is 4.90 Å². The summed E-state index contributed by atoms with van der Waals surface area (Å²) < 4.78 is 58.4. The third-order valence-corrected chi connectivity index (χ3v) is 5.54. The summed E-state index contributed by atoms with van der Waals surface area (Å²) in [7, 11) is -2.46. The average molecular weight is 340 g/mol. The van der Waals surface area contributed by atoms with Gasteiger partial charge in [-0.1, -0.05) is 0 Å². The van der Waals surface area contributed by atoms with Crippen molar-refractivity contribution in [3.8, 4) is 5.88 Å². The molecule has 3 rings (SSSR count). The molecule has 8 heteroatoms. The quantitative estimate of drug-likeness (QED) is 0.861. The number of benzene rings is 1. The molecule has 1 aromatic carbocycles. The molecule has 0 radical (unpaired) electrons. The van der Waals surface area contributed by atoms with Crippen LogP contribution in [-0.2, 0) is 16.4 Å². The lowest BCUT2D eigenvalue weighted by atomic mass is 10.1. The van der Waals surface area contributed by atoms with Crippen LogP contribution in [-0.4, -0.2) is 27.1 Å². The van der Waals surface area contributed by atoms with Gasteiger partial charge in [0.15, 0.2) is 11.6 Å². The summed E-state index contributed by atoms with van der Waals surface area (Å²) >= 11 is 0. The first-order valence-electron chi connectivity index (χ1n) is 6.86. The Hall–Kier alpha value is -2.22. The average Bonchev–Trinajstić information content (AvgIpc) is 2.91. The van der Waals surface area contributed by atoms with E-state index in [1.165, 1.54) is 19.4 Å². The number of anilines is 1. The van der Waals surface area contributed by atoms with Crippen LogP contribution in [0.15, 0.2) is 29.3 Å². The molecule has 1 aromatic heterocycles. The SMILES string of the molecule is COc1ncc(S(=O)(=O)N2CCc3cc(F)c(F)cc32)cc1C. The number of pyridine rings is 1. The van der Waals surface area contributed by atoms with E-state index in [-0.39, 0.29) is 17.1 Å². The van der Waals surface area contributed by atoms with Crippen LogP contribution in [0.3, 0.4) is 0 Å². The van der Waals surface area contributed by atoms with Gasteiger partial charge in [0.05, 0.1) is 19.0 Å². The van der Waals surface area contributed by atoms with Crippen molar-refractivity contribution in [2.45, 2.75) is 18.2 Å². The first kappa shape index (κ1) is 15.7. The fourth-order valence-electron chi connectivity index (χ4n) is 2.62. The third-order valence-electron chi connectivity index (χ3n) is 3.76. The van der Waals surface area contributed by atoms with E-state index in [1.54, 1.807) is 6.92 Å². The van der Waals surface area contributed by atoms with Gasteiger partial charge in [-0.15, -0.1) is 0 Å². The first-order chi connectivity index (χ1) is 10.8. The van der Waals surface area contributed by atoms with Crippen molar-refractivity contribution in [1.29, 1.82) is 0 Å². The van der Waals surface area contributed by atoms with E-state index in [9.17, 15) is 17.2 Å². The molecule has 0 bridgehead atoms. The van der Waals surface area contributed by atoms with Gasteiger partial charge in [-0.2, -0.15) is 0 Å². The standard InChI is InChI=1S/C15H14F2N2O3S/c1-9-5-11(8-18-15(9)22-2)23(20,21)19-4-3-10-6-12(16)13(17)7-14(10)19/h5-8H,3-4H2,1-2H3. The summed E-state index contributed by atoms with van der Waals surface area (Å²) in [5.41, 5.74) is 1.20. The molecule has 0 unspecified atom stereocenters. The summed E-state index contributed by atoms with van der Waals surface area (Å²) in [6.45, 7) is 1.81. The number of ether oxygens (including phenoxy) is 1. The van der Waals surface area contributed by atoms with Crippen molar-refractivity contribution >= 4 is 15.7 Å². The Morgan fingerprint density at radius 2 is 1.91 bits per heavy atom. The largest absolute Gasteiger partial charge is 0.481 e. The van der Waals surface area contributed by atoms with Gasteiger partial charge in [-0.25, -0.2) is 22.2 Å². The molecular weight excluding hydrogens is 326 g/mol. The minimum atomic E-state index is -3.90. The Bertz CT molecular complexity index is 885. The van der Waals surface area contributed by atoms with Crippen molar-refractivity contribution in [3.63, 3.8) is 0 Å². The monoisotopic (exact) mass is 340 g/mol. The van der Waals surface area contributed by atoms with Crippen LogP contribution >= 0.6 is 0 Å². The second-order valence-corrected chi connectivity index (χ2v) is 7.08. The van der Waals surface area contributed by atoms with Gasteiger partial charge in [-0.3, -0.25) is 4.31 Å². The van der Waals surface area contributed by atoms with Gasteiger partial charge in [0.25, 0.3) is 10.0 Å². The fraction of sp³-hybridized carbons (Fsp3) is 0.267. The maximum absolute atomic E-state index is 13.5. The number of aryl methyl sites for hydroxylation is 1. The van der Waals surface area contributed by atoms with Gasteiger partial charge in [0, 0.05) is 18.2 Å². The second kappa shape index (κ2) is 5.45. The maximum atomic E-state index is 13.5. The maximum Gasteiger partial charge on any atom is 0.265 e. The molecule has 23 heavy (non-hydrogen) atoms. The summed E-state index contributed by atoms with van der Waals surface area (Å²) in [6, 6.07) is 3.40. The zero-order chi connectivity index (χ0) is 16.8. The molecule has 0 N–H and O–H groups in total. The highest BCUT2D eigenvalue weighted by Crippen LogP contribution is 2.34. The third kappa shape index (κ3) is 2.52.